The first-order valence-electron chi connectivity index (χ1n) is 5.60. The molecule has 0 amide bonds. The maximum atomic E-state index is 10.9. The van der Waals surface area contributed by atoms with Gasteiger partial charge in [-0.25, -0.2) is 0 Å². The van der Waals surface area contributed by atoms with Crippen molar-refractivity contribution in [2.75, 3.05) is 5.32 Å². The lowest BCUT2D eigenvalue weighted by Crippen LogP contribution is -2.03. The molecule has 0 saturated heterocycles. The van der Waals surface area contributed by atoms with E-state index in [9.17, 15) is 10.1 Å². The summed E-state index contributed by atoms with van der Waals surface area (Å²) in [5.41, 5.74) is 1.79. The molecule has 0 aliphatic rings. The first-order valence-corrected chi connectivity index (χ1v) is 7.98. The van der Waals surface area contributed by atoms with Crippen LogP contribution >= 0.6 is 47.8 Å². The van der Waals surface area contributed by atoms with Gasteiger partial charge in [-0.3, -0.25) is 10.1 Å². The summed E-state index contributed by atoms with van der Waals surface area (Å²) in [6.45, 7) is 0.476. The maximum Gasteiger partial charge on any atom is 0.283 e. The summed E-state index contributed by atoms with van der Waals surface area (Å²) in [7, 11) is 0. The fraction of sp³-hybridized carbons (Fsp3) is 0.0769. The predicted octanol–water partition coefficient (Wildman–Crippen LogP) is 5.49. The first-order chi connectivity index (χ1) is 9.50. The third-order valence-electron chi connectivity index (χ3n) is 2.67. The van der Waals surface area contributed by atoms with Crippen molar-refractivity contribution in [1.82, 2.24) is 0 Å². The number of hydrogen-bond acceptors (Lipinski definition) is 3. The van der Waals surface area contributed by atoms with E-state index >= 15 is 0 Å². The number of hydrogen-bond donors (Lipinski definition) is 1. The summed E-state index contributed by atoms with van der Waals surface area (Å²) in [6, 6.07) is 10.8. The van der Waals surface area contributed by atoms with E-state index in [1.807, 2.05) is 24.3 Å². The topological polar surface area (TPSA) is 55.2 Å². The fourth-order valence-corrected chi connectivity index (χ4v) is 3.52. The normalized spacial score (nSPS) is 10.3. The van der Waals surface area contributed by atoms with Crippen molar-refractivity contribution < 1.29 is 4.92 Å². The molecule has 0 aromatic heterocycles. The average molecular weight is 465 g/mol. The van der Waals surface area contributed by atoms with E-state index in [0.717, 1.165) is 20.2 Å². The standard InChI is InChI=1S/C13H9Br3N2O2/c14-9-4-2-5-10(15)13(9)17-7-8-3-1-6-11(12(8)16)18(19)20/h1-6,17H,7H2. The van der Waals surface area contributed by atoms with Gasteiger partial charge in [-0.2, -0.15) is 0 Å². The monoisotopic (exact) mass is 462 g/mol. The van der Waals surface area contributed by atoms with Crippen LogP contribution in [0.15, 0.2) is 49.8 Å². The minimum absolute atomic E-state index is 0.0653. The molecule has 0 aliphatic carbocycles. The molecule has 0 fully saturated rings. The van der Waals surface area contributed by atoms with Crippen LogP contribution in [0.25, 0.3) is 0 Å². The van der Waals surface area contributed by atoms with Gasteiger partial charge < -0.3 is 5.32 Å². The Balaban J connectivity index is 2.24. The van der Waals surface area contributed by atoms with Crippen LogP contribution in [0.1, 0.15) is 5.56 Å². The van der Waals surface area contributed by atoms with Crippen molar-refractivity contribution >= 4 is 59.2 Å². The van der Waals surface area contributed by atoms with Crippen molar-refractivity contribution in [2.45, 2.75) is 6.54 Å². The van der Waals surface area contributed by atoms with Crippen LogP contribution < -0.4 is 5.32 Å². The molecular weight excluding hydrogens is 456 g/mol. The highest BCUT2D eigenvalue weighted by Crippen LogP contribution is 2.33. The van der Waals surface area contributed by atoms with Gasteiger partial charge in [-0.05, 0) is 65.5 Å². The highest BCUT2D eigenvalue weighted by Gasteiger charge is 2.15. The molecule has 1 N–H and O–H groups in total. The zero-order chi connectivity index (χ0) is 14.7. The lowest BCUT2D eigenvalue weighted by molar-refractivity contribution is -0.385. The second-order valence-corrected chi connectivity index (χ2v) is 6.46. The lowest BCUT2D eigenvalue weighted by Gasteiger charge is -2.11. The molecule has 104 valence electrons. The Morgan fingerprint density at radius 2 is 1.65 bits per heavy atom. The number of nitrogens with zero attached hydrogens (tertiary/aromatic N) is 1. The molecule has 7 heteroatoms. The van der Waals surface area contributed by atoms with Crippen LogP contribution in [0, 0.1) is 10.1 Å². The molecule has 0 heterocycles. The number of benzene rings is 2. The van der Waals surface area contributed by atoms with Crippen molar-refractivity contribution in [2.24, 2.45) is 0 Å². The SMILES string of the molecule is O=[N+]([O-])c1cccc(CNc2c(Br)cccc2Br)c1Br. The average Bonchev–Trinajstić information content (AvgIpc) is 2.39. The largest absolute Gasteiger partial charge is 0.379 e. The van der Waals surface area contributed by atoms with Gasteiger partial charge in [0.25, 0.3) is 5.69 Å². The number of anilines is 1. The minimum Gasteiger partial charge on any atom is -0.379 e. The van der Waals surface area contributed by atoms with Gasteiger partial charge in [0.05, 0.1) is 10.6 Å². The Hall–Kier alpha value is -0.920. The predicted molar refractivity (Wildman–Crippen MR) is 90.0 cm³/mol. The molecule has 0 aliphatic heterocycles. The van der Waals surface area contributed by atoms with Gasteiger partial charge in [0.15, 0.2) is 0 Å². The Bertz CT molecular complexity index is 642. The summed E-state index contributed by atoms with van der Waals surface area (Å²) in [5.74, 6) is 0. The van der Waals surface area contributed by atoms with Gasteiger partial charge in [0.2, 0.25) is 0 Å². The number of nitro benzene ring substituents is 1. The summed E-state index contributed by atoms with van der Waals surface area (Å²) in [6.07, 6.45) is 0. The van der Waals surface area contributed by atoms with Crippen molar-refractivity contribution in [3.63, 3.8) is 0 Å². The summed E-state index contributed by atoms with van der Waals surface area (Å²) in [4.78, 5) is 10.5. The van der Waals surface area contributed by atoms with Crippen LogP contribution in [0.5, 0.6) is 0 Å². The fourth-order valence-electron chi connectivity index (χ4n) is 1.69. The van der Waals surface area contributed by atoms with Crippen LogP contribution in [0.2, 0.25) is 0 Å². The maximum absolute atomic E-state index is 10.9. The molecule has 0 unspecified atom stereocenters. The van der Waals surface area contributed by atoms with Crippen LogP contribution in [0.4, 0.5) is 11.4 Å². The van der Waals surface area contributed by atoms with Crippen LogP contribution in [-0.4, -0.2) is 4.92 Å². The lowest BCUT2D eigenvalue weighted by atomic mass is 10.2. The number of halogens is 3. The Kier molecular flexibility index (Phi) is 5.17. The molecule has 4 nitrogen and oxygen atoms in total. The molecule has 2 aromatic carbocycles. The Morgan fingerprint density at radius 1 is 1.05 bits per heavy atom. The van der Waals surface area contributed by atoms with E-state index in [4.69, 9.17) is 0 Å². The third-order valence-corrected chi connectivity index (χ3v) is 4.91. The third kappa shape index (κ3) is 3.39. The molecule has 2 aromatic rings. The van der Waals surface area contributed by atoms with Crippen molar-refractivity contribution in [1.29, 1.82) is 0 Å². The van der Waals surface area contributed by atoms with E-state index in [1.54, 1.807) is 6.07 Å². The molecule has 0 saturated carbocycles. The van der Waals surface area contributed by atoms with E-state index in [-0.39, 0.29) is 5.69 Å². The molecular formula is C13H9Br3N2O2. The van der Waals surface area contributed by atoms with Crippen LogP contribution in [0.3, 0.4) is 0 Å². The Labute approximate surface area is 141 Å². The Morgan fingerprint density at radius 3 is 2.25 bits per heavy atom. The molecule has 0 radical (unpaired) electrons. The van der Waals surface area contributed by atoms with E-state index in [0.29, 0.717) is 11.0 Å². The first kappa shape index (κ1) is 15.5. The second kappa shape index (κ2) is 6.69. The van der Waals surface area contributed by atoms with Crippen LogP contribution in [-0.2, 0) is 6.54 Å². The summed E-state index contributed by atoms with van der Waals surface area (Å²) in [5, 5.41) is 14.2. The van der Waals surface area contributed by atoms with Gasteiger partial charge in [0.1, 0.15) is 4.47 Å². The van der Waals surface area contributed by atoms with Gasteiger partial charge in [-0.1, -0.05) is 18.2 Å². The molecule has 0 bridgehead atoms. The summed E-state index contributed by atoms with van der Waals surface area (Å²) >= 11 is 10.2. The summed E-state index contributed by atoms with van der Waals surface area (Å²) < 4.78 is 2.35. The highest BCUT2D eigenvalue weighted by molar-refractivity contribution is 9.11. The number of rotatable bonds is 4. The highest BCUT2D eigenvalue weighted by atomic mass is 79.9. The number of nitrogens with one attached hydrogen (secondary N) is 1. The zero-order valence-corrected chi connectivity index (χ0v) is 14.8. The quantitative estimate of drug-likeness (QED) is 0.480. The van der Waals surface area contributed by atoms with Gasteiger partial charge in [0, 0.05) is 21.6 Å². The van der Waals surface area contributed by atoms with Gasteiger partial charge in [-0.15, -0.1) is 0 Å². The van der Waals surface area contributed by atoms with Crippen molar-refractivity contribution in [3.05, 3.63) is 65.5 Å². The molecule has 0 atom stereocenters. The van der Waals surface area contributed by atoms with E-state index < -0.39 is 4.92 Å². The smallest absolute Gasteiger partial charge is 0.283 e. The zero-order valence-electron chi connectivity index (χ0n) is 10.1. The minimum atomic E-state index is -0.401. The van der Waals surface area contributed by atoms with Crippen molar-refractivity contribution in [3.8, 4) is 0 Å². The van der Waals surface area contributed by atoms with Gasteiger partial charge >= 0.3 is 0 Å². The van der Waals surface area contributed by atoms with E-state index in [2.05, 4.69) is 53.1 Å². The molecule has 0 spiro atoms. The number of nitro groups is 1. The second-order valence-electron chi connectivity index (χ2n) is 3.96. The molecule has 20 heavy (non-hydrogen) atoms. The molecule has 2 rings (SSSR count). The van der Waals surface area contributed by atoms with E-state index in [1.165, 1.54) is 6.07 Å². The number of para-hydroxylation sites is 1.